The van der Waals surface area contributed by atoms with Gasteiger partial charge in [-0.15, -0.1) is 0 Å². The van der Waals surface area contributed by atoms with Gasteiger partial charge in [-0.05, 0) is 30.9 Å². The van der Waals surface area contributed by atoms with Gasteiger partial charge in [0.25, 0.3) is 0 Å². The zero-order valence-corrected chi connectivity index (χ0v) is 14.8. The van der Waals surface area contributed by atoms with Crippen molar-refractivity contribution < 1.29 is 0 Å². The minimum Gasteiger partial charge on any atom is -0.356 e. The molecular formula is C18H25N7. The van der Waals surface area contributed by atoms with Crippen LogP contribution in [0, 0.1) is 5.92 Å². The van der Waals surface area contributed by atoms with Crippen LogP contribution < -0.4 is 14.7 Å². The smallest absolute Gasteiger partial charge is 0.227 e. The van der Waals surface area contributed by atoms with E-state index in [0.717, 1.165) is 62.9 Å². The van der Waals surface area contributed by atoms with E-state index in [4.69, 9.17) is 4.98 Å². The number of hydrogen-bond donors (Lipinski definition) is 0. The predicted octanol–water partition coefficient (Wildman–Crippen LogP) is 1.83. The maximum absolute atomic E-state index is 4.84. The fourth-order valence-electron chi connectivity index (χ4n) is 3.63. The molecule has 0 aromatic carbocycles. The van der Waals surface area contributed by atoms with Gasteiger partial charge in [-0.2, -0.15) is 4.98 Å². The van der Waals surface area contributed by atoms with Gasteiger partial charge in [-0.25, -0.2) is 15.0 Å². The first-order valence-corrected chi connectivity index (χ1v) is 9.14. The van der Waals surface area contributed by atoms with Crippen molar-refractivity contribution in [3.8, 4) is 0 Å². The van der Waals surface area contributed by atoms with Crippen LogP contribution in [0.2, 0.25) is 0 Å². The van der Waals surface area contributed by atoms with E-state index >= 15 is 0 Å². The van der Waals surface area contributed by atoms with Gasteiger partial charge in [0.1, 0.15) is 5.82 Å². The largest absolute Gasteiger partial charge is 0.356 e. The monoisotopic (exact) mass is 339 g/mol. The van der Waals surface area contributed by atoms with E-state index in [1.807, 2.05) is 18.3 Å². The van der Waals surface area contributed by atoms with Gasteiger partial charge in [0.05, 0.1) is 0 Å². The van der Waals surface area contributed by atoms with Crippen LogP contribution >= 0.6 is 0 Å². The van der Waals surface area contributed by atoms with Gasteiger partial charge in [0.2, 0.25) is 11.9 Å². The highest BCUT2D eigenvalue weighted by molar-refractivity contribution is 5.45. The van der Waals surface area contributed by atoms with Crippen LogP contribution in [0.4, 0.5) is 17.7 Å². The van der Waals surface area contributed by atoms with Crippen molar-refractivity contribution in [2.75, 3.05) is 54.0 Å². The average Bonchev–Trinajstić information content (AvgIpc) is 2.69. The molecule has 2 aromatic rings. The molecule has 1 unspecified atom stereocenters. The van der Waals surface area contributed by atoms with Gasteiger partial charge in [-0.3, -0.25) is 0 Å². The Balaban J connectivity index is 1.42. The van der Waals surface area contributed by atoms with Crippen molar-refractivity contribution in [3.63, 3.8) is 0 Å². The summed E-state index contributed by atoms with van der Waals surface area (Å²) in [6.07, 6.45) is 8.04. The third kappa shape index (κ3) is 3.65. The van der Waals surface area contributed by atoms with Gasteiger partial charge in [0.15, 0.2) is 0 Å². The maximum atomic E-state index is 4.84. The molecular weight excluding hydrogens is 314 g/mol. The highest BCUT2D eigenvalue weighted by Gasteiger charge is 2.22. The Bertz CT molecular complexity index is 685. The average molecular weight is 339 g/mol. The molecule has 0 bridgehead atoms. The van der Waals surface area contributed by atoms with E-state index in [2.05, 4.69) is 36.6 Å². The summed E-state index contributed by atoms with van der Waals surface area (Å²) >= 11 is 0. The summed E-state index contributed by atoms with van der Waals surface area (Å²) in [5, 5.41) is 0. The van der Waals surface area contributed by atoms with Crippen molar-refractivity contribution in [3.05, 3.63) is 30.7 Å². The Morgan fingerprint density at radius 1 is 0.840 bits per heavy atom. The van der Waals surface area contributed by atoms with E-state index in [1.54, 1.807) is 12.4 Å². The Kier molecular flexibility index (Phi) is 4.63. The van der Waals surface area contributed by atoms with Crippen LogP contribution in [0.25, 0.3) is 0 Å². The normalized spacial score (nSPS) is 21.5. The zero-order chi connectivity index (χ0) is 17.1. The second-order valence-corrected chi connectivity index (χ2v) is 6.93. The van der Waals surface area contributed by atoms with Gasteiger partial charge < -0.3 is 14.7 Å². The molecule has 2 aromatic heterocycles. The fraction of sp³-hybridized carbons (Fsp3) is 0.556. The Morgan fingerprint density at radius 3 is 2.24 bits per heavy atom. The van der Waals surface area contributed by atoms with Gasteiger partial charge in [-0.1, -0.05) is 6.92 Å². The Hall–Kier alpha value is -2.44. The number of nitrogens with zero attached hydrogens (tertiary/aromatic N) is 7. The molecule has 0 amide bonds. The SMILES string of the molecule is CC1CCCN(c2ccnc(N3CCN(c4ncccn4)CC3)n2)C1. The number of hydrogen-bond acceptors (Lipinski definition) is 7. The topological polar surface area (TPSA) is 61.3 Å². The van der Waals surface area contributed by atoms with Crippen molar-refractivity contribution in [2.24, 2.45) is 5.92 Å². The number of piperidine rings is 1. The molecule has 0 saturated carbocycles. The van der Waals surface area contributed by atoms with E-state index in [1.165, 1.54) is 12.8 Å². The third-order valence-electron chi connectivity index (χ3n) is 5.01. The molecule has 0 spiro atoms. The summed E-state index contributed by atoms with van der Waals surface area (Å²) in [6.45, 7) is 8.06. The second kappa shape index (κ2) is 7.21. The van der Waals surface area contributed by atoms with E-state index < -0.39 is 0 Å². The molecule has 0 aliphatic carbocycles. The Labute approximate surface area is 148 Å². The van der Waals surface area contributed by atoms with Crippen molar-refractivity contribution in [1.82, 2.24) is 19.9 Å². The first-order valence-electron chi connectivity index (χ1n) is 9.14. The molecule has 0 radical (unpaired) electrons. The minimum absolute atomic E-state index is 0.738. The number of anilines is 3. The predicted molar refractivity (Wildman–Crippen MR) is 99.1 cm³/mol. The lowest BCUT2D eigenvalue weighted by Gasteiger charge is -2.35. The first kappa shape index (κ1) is 16.1. The molecule has 2 aliphatic rings. The molecule has 2 aliphatic heterocycles. The minimum atomic E-state index is 0.738. The first-order chi connectivity index (χ1) is 12.3. The van der Waals surface area contributed by atoms with Crippen LogP contribution in [-0.2, 0) is 0 Å². The van der Waals surface area contributed by atoms with Crippen LogP contribution in [0.1, 0.15) is 19.8 Å². The summed E-state index contributed by atoms with van der Waals surface area (Å²) in [4.78, 5) is 24.9. The van der Waals surface area contributed by atoms with Crippen LogP contribution in [0.15, 0.2) is 30.7 Å². The summed E-state index contributed by atoms with van der Waals surface area (Å²) in [5.74, 6) is 3.44. The highest BCUT2D eigenvalue weighted by Crippen LogP contribution is 2.23. The van der Waals surface area contributed by atoms with E-state index in [0.29, 0.717) is 0 Å². The third-order valence-corrected chi connectivity index (χ3v) is 5.01. The molecule has 2 fully saturated rings. The summed E-state index contributed by atoms with van der Waals surface area (Å²) in [5.41, 5.74) is 0. The molecule has 7 heteroatoms. The van der Waals surface area contributed by atoms with Crippen molar-refractivity contribution in [1.29, 1.82) is 0 Å². The van der Waals surface area contributed by atoms with E-state index in [-0.39, 0.29) is 0 Å². The maximum Gasteiger partial charge on any atom is 0.227 e. The number of aromatic nitrogens is 4. The summed E-state index contributed by atoms with van der Waals surface area (Å²) < 4.78 is 0. The van der Waals surface area contributed by atoms with Gasteiger partial charge >= 0.3 is 0 Å². The molecule has 1 atom stereocenters. The lowest BCUT2D eigenvalue weighted by atomic mass is 10.0. The lowest BCUT2D eigenvalue weighted by Crippen LogP contribution is -2.47. The summed E-state index contributed by atoms with van der Waals surface area (Å²) in [6, 6.07) is 3.89. The fourth-order valence-corrected chi connectivity index (χ4v) is 3.63. The van der Waals surface area contributed by atoms with Crippen LogP contribution in [0.5, 0.6) is 0 Å². The van der Waals surface area contributed by atoms with Crippen molar-refractivity contribution in [2.45, 2.75) is 19.8 Å². The summed E-state index contributed by atoms with van der Waals surface area (Å²) in [7, 11) is 0. The van der Waals surface area contributed by atoms with Gasteiger partial charge in [0, 0.05) is 57.9 Å². The Morgan fingerprint density at radius 2 is 1.52 bits per heavy atom. The molecule has 132 valence electrons. The highest BCUT2D eigenvalue weighted by atomic mass is 15.4. The standard InChI is InChI=1S/C18H25N7/c1-15-4-2-9-25(14-15)16-5-8-21-18(22-16)24-12-10-23(11-13-24)17-19-6-3-7-20-17/h3,5-8,15H,2,4,9-14H2,1H3. The number of rotatable bonds is 3. The molecule has 4 rings (SSSR count). The molecule has 7 nitrogen and oxygen atoms in total. The van der Waals surface area contributed by atoms with Crippen molar-refractivity contribution >= 4 is 17.7 Å². The van der Waals surface area contributed by atoms with E-state index in [9.17, 15) is 0 Å². The molecule has 0 N–H and O–H groups in total. The molecule has 2 saturated heterocycles. The molecule has 25 heavy (non-hydrogen) atoms. The number of piperazine rings is 1. The zero-order valence-electron chi connectivity index (χ0n) is 14.8. The lowest BCUT2D eigenvalue weighted by molar-refractivity contribution is 0.444. The molecule has 4 heterocycles. The quantitative estimate of drug-likeness (QED) is 0.845. The van der Waals surface area contributed by atoms with Crippen LogP contribution in [0.3, 0.4) is 0 Å². The van der Waals surface area contributed by atoms with Crippen LogP contribution in [-0.4, -0.2) is 59.2 Å². The second-order valence-electron chi connectivity index (χ2n) is 6.93.